The molecule has 0 radical (unpaired) electrons. The minimum absolute atomic E-state index is 0.00765. The number of nitrogens with zero attached hydrogens (tertiary/aromatic N) is 1. The highest BCUT2D eigenvalue weighted by Crippen LogP contribution is 2.67. The third kappa shape index (κ3) is 3.94. The molecule has 29 heavy (non-hydrogen) atoms. The molecule has 0 aromatic heterocycles. The quantitative estimate of drug-likeness (QED) is 0.317. The minimum Gasteiger partial charge on any atom is -0.396 e. The minimum atomic E-state index is -0.595. The number of likely N-dealkylation sites (tertiary alicyclic amines) is 1. The lowest BCUT2D eigenvalue weighted by Gasteiger charge is -2.35. The van der Waals surface area contributed by atoms with Crippen molar-refractivity contribution >= 4 is 45.4 Å². The third-order valence-electron chi connectivity index (χ3n) is 6.28. The number of carbonyl (C=O) groups excluding carboxylic acids is 3. The maximum atomic E-state index is 13.5. The summed E-state index contributed by atoms with van der Waals surface area (Å²) in [6.45, 7) is 5.53. The van der Waals surface area contributed by atoms with Gasteiger partial charge in [-0.2, -0.15) is 0 Å². The standard InChI is InChI=1S/C20H32BrN3O4S/c1-3-5-8-23-18(27)16-20-11-12(21)15(29-20)13(17(26)22-7-4-2)14(20)19(28)24(16)9-6-10-25/h12-16,25H,3-11H2,1-2H3,(H,22,26)(H,23,27)/t12?,13-,14+,15-,16?,20?/m1/s1. The monoisotopic (exact) mass is 489 g/mol. The van der Waals surface area contributed by atoms with E-state index in [1.54, 1.807) is 16.7 Å². The zero-order valence-corrected chi connectivity index (χ0v) is 19.6. The van der Waals surface area contributed by atoms with Crippen LogP contribution in [0.4, 0.5) is 0 Å². The van der Waals surface area contributed by atoms with Crippen molar-refractivity contribution in [1.82, 2.24) is 15.5 Å². The fourth-order valence-corrected chi connectivity index (χ4v) is 8.68. The second kappa shape index (κ2) is 9.56. The van der Waals surface area contributed by atoms with Gasteiger partial charge in [0.2, 0.25) is 17.7 Å². The molecule has 3 rings (SSSR count). The Kier molecular flexibility index (Phi) is 7.54. The van der Waals surface area contributed by atoms with Crippen molar-refractivity contribution in [3.63, 3.8) is 0 Å². The van der Waals surface area contributed by atoms with Gasteiger partial charge in [0.25, 0.3) is 0 Å². The van der Waals surface area contributed by atoms with Crippen LogP contribution in [0, 0.1) is 11.8 Å². The Hall–Kier alpha value is -0.800. The fourth-order valence-electron chi connectivity index (χ4n) is 5.06. The number of hydrogen-bond acceptors (Lipinski definition) is 5. The van der Waals surface area contributed by atoms with E-state index in [1.807, 2.05) is 6.92 Å². The lowest BCUT2D eigenvalue weighted by atomic mass is 9.70. The first-order chi connectivity index (χ1) is 13.9. The first-order valence-electron chi connectivity index (χ1n) is 10.7. The number of amides is 3. The number of carbonyl (C=O) groups is 3. The van der Waals surface area contributed by atoms with Gasteiger partial charge in [-0.25, -0.2) is 0 Å². The van der Waals surface area contributed by atoms with Gasteiger partial charge < -0.3 is 20.6 Å². The Morgan fingerprint density at radius 3 is 2.59 bits per heavy atom. The molecule has 1 spiro atoms. The Bertz CT molecular complexity index is 651. The first kappa shape index (κ1) is 22.9. The molecule has 3 N–H and O–H groups in total. The van der Waals surface area contributed by atoms with Crippen LogP contribution in [-0.4, -0.2) is 74.8 Å². The van der Waals surface area contributed by atoms with Crippen molar-refractivity contribution < 1.29 is 19.5 Å². The number of fused-ring (bicyclic) bond motifs is 1. The summed E-state index contributed by atoms with van der Waals surface area (Å²) in [6, 6.07) is -0.595. The van der Waals surface area contributed by atoms with Crippen LogP contribution in [0.3, 0.4) is 0 Å². The molecule has 7 nitrogen and oxygen atoms in total. The van der Waals surface area contributed by atoms with Gasteiger partial charge in [0.15, 0.2) is 0 Å². The van der Waals surface area contributed by atoms with Gasteiger partial charge in [-0.3, -0.25) is 14.4 Å². The molecule has 6 atom stereocenters. The number of alkyl halides is 1. The highest BCUT2D eigenvalue weighted by molar-refractivity contribution is 9.09. The lowest BCUT2D eigenvalue weighted by Crippen LogP contribution is -2.55. The van der Waals surface area contributed by atoms with Crippen LogP contribution in [0.25, 0.3) is 0 Å². The van der Waals surface area contributed by atoms with Crippen molar-refractivity contribution in [2.75, 3.05) is 26.2 Å². The van der Waals surface area contributed by atoms with E-state index >= 15 is 0 Å². The highest BCUT2D eigenvalue weighted by atomic mass is 79.9. The Morgan fingerprint density at radius 1 is 1.21 bits per heavy atom. The Morgan fingerprint density at radius 2 is 1.93 bits per heavy atom. The highest BCUT2D eigenvalue weighted by Gasteiger charge is 2.75. The van der Waals surface area contributed by atoms with Crippen LogP contribution in [0.15, 0.2) is 0 Å². The topological polar surface area (TPSA) is 98.7 Å². The number of halogens is 1. The molecule has 3 heterocycles. The zero-order valence-electron chi connectivity index (χ0n) is 17.2. The second-order valence-corrected chi connectivity index (χ2v) is 10.9. The molecule has 3 unspecified atom stereocenters. The second-order valence-electron chi connectivity index (χ2n) is 8.21. The molecule has 0 aromatic carbocycles. The van der Waals surface area contributed by atoms with Crippen molar-refractivity contribution in [3.8, 4) is 0 Å². The van der Waals surface area contributed by atoms with Crippen LogP contribution >= 0.6 is 27.7 Å². The molecular formula is C20H32BrN3O4S. The third-order valence-corrected chi connectivity index (χ3v) is 9.50. The summed E-state index contributed by atoms with van der Waals surface area (Å²) in [7, 11) is 0. The number of unbranched alkanes of at least 4 members (excludes halogenated alkanes) is 1. The van der Waals surface area contributed by atoms with Gasteiger partial charge >= 0.3 is 0 Å². The van der Waals surface area contributed by atoms with Crippen molar-refractivity contribution in [1.29, 1.82) is 0 Å². The fraction of sp³-hybridized carbons (Fsp3) is 0.850. The molecule has 3 amide bonds. The first-order valence-corrected chi connectivity index (χ1v) is 12.5. The van der Waals surface area contributed by atoms with Crippen LogP contribution in [0.2, 0.25) is 0 Å². The van der Waals surface area contributed by atoms with E-state index in [1.165, 1.54) is 0 Å². The predicted molar refractivity (Wildman–Crippen MR) is 117 cm³/mol. The average Bonchev–Trinajstić information content (AvgIpc) is 3.28. The number of hydrogen-bond donors (Lipinski definition) is 3. The maximum absolute atomic E-state index is 13.5. The van der Waals surface area contributed by atoms with Crippen molar-refractivity contribution in [2.45, 2.75) is 66.8 Å². The van der Waals surface area contributed by atoms with Gasteiger partial charge in [0.1, 0.15) is 6.04 Å². The SMILES string of the molecule is CCCCNC(=O)C1N(CCCO)C(=O)[C@@H]2[C@@H](C(=O)NCCC)[C@@H]3SC12CC3Br. The maximum Gasteiger partial charge on any atom is 0.244 e. The van der Waals surface area contributed by atoms with E-state index in [4.69, 9.17) is 0 Å². The number of rotatable bonds is 10. The van der Waals surface area contributed by atoms with E-state index in [-0.39, 0.29) is 34.4 Å². The summed E-state index contributed by atoms with van der Waals surface area (Å²) in [5.41, 5.74) is 0. The molecule has 3 aliphatic rings. The van der Waals surface area contributed by atoms with Gasteiger partial charge in [-0.15, -0.1) is 11.8 Å². The number of nitrogens with one attached hydrogen (secondary N) is 2. The number of aliphatic hydroxyl groups is 1. The number of thioether (sulfide) groups is 1. The molecule has 3 aliphatic heterocycles. The van der Waals surface area contributed by atoms with Crippen molar-refractivity contribution in [3.05, 3.63) is 0 Å². The van der Waals surface area contributed by atoms with Gasteiger partial charge in [-0.1, -0.05) is 36.2 Å². The van der Waals surface area contributed by atoms with Crippen LogP contribution in [-0.2, 0) is 14.4 Å². The Balaban J connectivity index is 1.92. The molecule has 0 saturated carbocycles. The largest absolute Gasteiger partial charge is 0.396 e. The molecule has 9 heteroatoms. The lowest BCUT2D eigenvalue weighted by molar-refractivity contribution is -0.140. The van der Waals surface area contributed by atoms with Gasteiger partial charge in [-0.05, 0) is 25.7 Å². The summed E-state index contributed by atoms with van der Waals surface area (Å²) in [5.74, 6) is -1.23. The van der Waals surface area contributed by atoms with Gasteiger partial charge in [0, 0.05) is 36.3 Å². The molecule has 3 saturated heterocycles. The predicted octanol–water partition coefficient (Wildman–Crippen LogP) is 1.28. The van der Waals surface area contributed by atoms with Crippen molar-refractivity contribution in [2.24, 2.45) is 11.8 Å². The smallest absolute Gasteiger partial charge is 0.244 e. The molecule has 2 bridgehead atoms. The molecule has 164 valence electrons. The summed E-state index contributed by atoms with van der Waals surface area (Å²) in [4.78, 5) is 41.4. The average molecular weight is 490 g/mol. The van der Waals surface area contributed by atoms with E-state index in [0.717, 1.165) is 19.3 Å². The zero-order chi connectivity index (χ0) is 21.2. The normalized spacial score (nSPS) is 35.1. The van der Waals surface area contributed by atoms with E-state index in [0.29, 0.717) is 32.5 Å². The van der Waals surface area contributed by atoms with E-state index in [2.05, 4.69) is 33.5 Å². The molecule has 3 fully saturated rings. The Labute approximate surface area is 185 Å². The summed E-state index contributed by atoms with van der Waals surface area (Å²) in [6.07, 6.45) is 3.82. The van der Waals surface area contributed by atoms with E-state index in [9.17, 15) is 19.5 Å². The molecule has 0 aliphatic carbocycles. The van der Waals surface area contributed by atoms with E-state index < -0.39 is 22.6 Å². The summed E-state index contributed by atoms with van der Waals surface area (Å²) in [5, 5.41) is 15.3. The van der Waals surface area contributed by atoms with Crippen LogP contribution in [0.1, 0.15) is 46.0 Å². The molecular weight excluding hydrogens is 458 g/mol. The molecule has 0 aromatic rings. The summed E-state index contributed by atoms with van der Waals surface area (Å²) >= 11 is 5.38. The summed E-state index contributed by atoms with van der Waals surface area (Å²) < 4.78 is -0.587. The van der Waals surface area contributed by atoms with Crippen LogP contribution < -0.4 is 10.6 Å². The van der Waals surface area contributed by atoms with Crippen LogP contribution in [0.5, 0.6) is 0 Å². The number of aliphatic hydroxyl groups excluding tert-OH is 1. The van der Waals surface area contributed by atoms with Gasteiger partial charge in [0.05, 0.1) is 16.6 Å².